The van der Waals surface area contributed by atoms with Gasteiger partial charge in [-0.15, -0.1) is 0 Å². The Morgan fingerprint density at radius 2 is 0.597 bits per heavy atom. The van der Waals surface area contributed by atoms with Gasteiger partial charge in [0, 0.05) is 64.7 Å². The molecule has 1 fully saturated rings. The van der Waals surface area contributed by atoms with Crippen LogP contribution in [0.25, 0.3) is 0 Å². The van der Waals surface area contributed by atoms with Gasteiger partial charge in [-0.1, -0.05) is 27.7 Å². The molecule has 0 radical (unpaired) electrons. The Bertz CT molecular complexity index is 4000. The van der Waals surface area contributed by atoms with Crippen LogP contribution >= 0.6 is 0 Å². The van der Waals surface area contributed by atoms with Gasteiger partial charge >= 0.3 is 41.8 Å². The van der Waals surface area contributed by atoms with Crippen LogP contribution in [0.4, 0.5) is 0 Å². The van der Waals surface area contributed by atoms with Crippen LogP contribution in [0.2, 0.25) is 0 Å². The predicted molar refractivity (Wildman–Crippen MR) is 448 cm³/mol. The number of primary amides is 1. The molecule has 0 aliphatic carbocycles. The number of amides is 15. The van der Waals surface area contributed by atoms with E-state index >= 15 is 0 Å². The van der Waals surface area contributed by atoms with E-state index in [0.717, 1.165) is 18.7 Å². The zero-order chi connectivity index (χ0) is 98.2. The highest BCUT2D eigenvalue weighted by Crippen LogP contribution is 2.22. The molecule has 1 saturated heterocycles. The van der Waals surface area contributed by atoms with Gasteiger partial charge in [-0.05, 0) is 128 Å². The smallest absolute Gasteiger partial charge is 0.326 e. The normalized spacial score (nSPS) is 15.4. The Kier molecular flexibility index (Phi) is 51.2. The van der Waals surface area contributed by atoms with Gasteiger partial charge in [-0.3, -0.25) is 117 Å². The molecular weight excluding hydrogens is 1710 g/mol. The minimum absolute atomic E-state index is 0.00256. The summed E-state index contributed by atoms with van der Waals surface area (Å²) in [5, 5.41) is 128. The van der Waals surface area contributed by atoms with Crippen LogP contribution in [0.1, 0.15) is 189 Å². The molecule has 0 aromatic rings. The zero-order valence-corrected chi connectivity index (χ0v) is 72.4. The molecule has 1 aliphatic rings. The molecule has 129 heavy (non-hydrogen) atoms. The molecule has 54 heteroatoms. The second-order valence-electron chi connectivity index (χ2n) is 31.2. The van der Waals surface area contributed by atoms with E-state index in [1.165, 1.54) is 0 Å². The van der Waals surface area contributed by atoms with Crippen molar-refractivity contribution in [2.24, 2.45) is 40.5 Å². The Labute approximate surface area is 739 Å². The van der Waals surface area contributed by atoms with Crippen LogP contribution in [0, 0.1) is 28.1 Å². The van der Waals surface area contributed by atoms with Gasteiger partial charge in [0.2, 0.25) is 88.6 Å². The van der Waals surface area contributed by atoms with Crippen LogP contribution in [-0.2, 0) is 105 Å². The van der Waals surface area contributed by atoms with Crippen LogP contribution in [0.3, 0.4) is 0 Å². The summed E-state index contributed by atoms with van der Waals surface area (Å²) in [7, 11) is 0. The third-order valence-electron chi connectivity index (χ3n) is 19.3. The standard InChI is InChI=1S/C75H125N25O29/c1-34(2)31-47(97-59(115)37(6)88-62(118)42(16-22-52(102)103)95-70(126)50-14-10-30-100(50)71(127)49(33-57(112)113)99-64(120)40(12-8-28-85-74(80)81)90-60(116)38(76)15-21-51(77)101)68(124)92-41(13-9-29-86-75(82)83)63(119)91-39(11-7-27-84-73(78)79)61(117)87-36(5)58(114)89-43(17-23-53(104)105)65(121)93-45(19-25-55(108)109)67(123)98-48(32-35(3)4)69(125)94-44(18-24-54(106)107)66(122)96-46(72(128)129)20-26-56(110)111/h34-50H,7-33,76H2,1-6H3,(H2,77,101)(H,87,117)(H,88,118)(H,89,114)(H,90,116)(H,91,119)(H,92,124)(H,93,121)(H,94,125)(H,95,126)(H,96,122)(H,97,115)(H,98,123)(H,99,120)(H,102,103)(H,104,105)(H,106,107)(H,108,109)(H,110,111)(H,112,113)(H,128,129)(H4,78,79,84)(H4,80,81,85)(H4,82,83,86)/t36-,37-,38-,39-,40-,41-,42-,43-,44-,45-,46-,47-,48-,49-,50-/m0/s1. The van der Waals surface area contributed by atoms with Gasteiger partial charge in [0.15, 0.2) is 17.9 Å². The molecule has 724 valence electrons. The average molecular weight is 1840 g/mol. The number of carboxylic acids is 7. The Morgan fingerprint density at radius 1 is 0.326 bits per heavy atom. The topological polar surface area (TPSA) is 915 Å². The number of aliphatic carboxylic acids is 7. The molecule has 0 spiro atoms. The molecule has 1 aliphatic heterocycles. The van der Waals surface area contributed by atoms with E-state index in [1.807, 2.05) is 5.32 Å². The van der Waals surface area contributed by atoms with Gasteiger partial charge in [-0.2, -0.15) is 0 Å². The number of guanidine groups is 3. The number of carboxylic acid groups (broad SMARTS) is 7. The predicted octanol–water partition coefficient (Wildman–Crippen LogP) is -9.32. The quantitative estimate of drug-likeness (QED) is 0.0153. The molecule has 15 atom stereocenters. The first kappa shape index (κ1) is 113. The van der Waals surface area contributed by atoms with E-state index in [4.69, 9.17) is 50.0 Å². The van der Waals surface area contributed by atoms with Gasteiger partial charge in [-0.25, -0.2) is 4.79 Å². The van der Waals surface area contributed by atoms with E-state index in [2.05, 4.69) is 79.8 Å². The van der Waals surface area contributed by atoms with Crippen molar-refractivity contribution in [1.82, 2.24) is 90.0 Å². The fourth-order valence-corrected chi connectivity index (χ4v) is 12.6. The first-order valence-corrected chi connectivity index (χ1v) is 41.3. The van der Waals surface area contributed by atoms with E-state index in [9.17, 15) is 136 Å². The Hall–Kier alpha value is -13.9. The molecule has 0 saturated carbocycles. The van der Waals surface area contributed by atoms with E-state index in [0.29, 0.717) is 0 Å². The van der Waals surface area contributed by atoms with Gasteiger partial charge in [0.05, 0.1) is 12.5 Å². The largest absolute Gasteiger partial charge is 0.481 e. The Morgan fingerprint density at radius 3 is 0.907 bits per heavy atom. The number of nitrogens with zero attached hydrogens (tertiary/aromatic N) is 1. The number of nitrogens with two attached hydrogens (primary N) is 5. The highest BCUT2D eigenvalue weighted by atomic mass is 16.4. The van der Waals surface area contributed by atoms with Crippen LogP contribution in [-0.4, -0.2) is 306 Å². The number of carbonyl (C=O) groups excluding carboxylic acids is 15. The van der Waals surface area contributed by atoms with Gasteiger partial charge in [0.25, 0.3) is 0 Å². The summed E-state index contributed by atoms with van der Waals surface area (Å²) in [4.78, 5) is 292. The number of likely N-dealkylation sites (tertiary alicyclic amines) is 1. The highest BCUT2D eigenvalue weighted by Gasteiger charge is 2.43. The van der Waals surface area contributed by atoms with E-state index in [1.54, 1.807) is 27.7 Å². The molecule has 0 aromatic heterocycles. The zero-order valence-electron chi connectivity index (χ0n) is 72.4. The summed E-state index contributed by atoms with van der Waals surface area (Å²) in [5.41, 5.74) is 27.4. The van der Waals surface area contributed by atoms with Crippen molar-refractivity contribution in [3.8, 4) is 0 Å². The van der Waals surface area contributed by atoms with E-state index in [-0.39, 0.29) is 103 Å². The van der Waals surface area contributed by atoms with E-state index < -0.39 is 321 Å². The van der Waals surface area contributed by atoms with Crippen molar-refractivity contribution >= 4 is 148 Å². The maximum Gasteiger partial charge on any atom is 0.326 e. The lowest BCUT2D eigenvalue weighted by molar-refractivity contribution is -0.146. The van der Waals surface area contributed by atoms with Crippen LogP contribution in [0.15, 0.2) is 0 Å². The van der Waals surface area contributed by atoms with Gasteiger partial charge < -0.3 is 154 Å². The van der Waals surface area contributed by atoms with Crippen molar-refractivity contribution in [2.45, 2.75) is 280 Å². The molecule has 1 rings (SSSR count). The van der Waals surface area contributed by atoms with Crippen molar-refractivity contribution in [2.75, 3.05) is 26.2 Å². The molecular formula is C75H125N25O29. The second kappa shape index (κ2) is 58.4. The first-order valence-electron chi connectivity index (χ1n) is 41.3. The maximum atomic E-state index is 14.6. The Balaban J connectivity index is 3.71. The maximum absolute atomic E-state index is 14.6. The SMILES string of the molecule is CC(C)C[C@H](NC(=O)[C@H](C)NC(=O)[C@H](CCC(=O)O)NC(=O)[C@@H]1CCCN1C(=O)[C@H](CC(=O)O)NC(=O)[C@H](CCCNC(=N)N)NC(=O)[C@@H](N)CCC(N)=O)C(=O)N[C@@H](CCCNC(=N)N)C(=O)N[C@@H](CCCNC(=N)N)C(=O)N[C@@H](C)C(=O)N[C@@H](CCC(=O)O)C(=O)N[C@@H](CCC(=O)O)C(=O)N[C@@H](CC(C)C)C(=O)N[C@@H](CCC(=O)O)C(=O)N[C@@H](CCC(=O)O)C(=O)O. The molecule has 36 N–H and O–H groups in total. The number of hydrogen-bond donors (Lipinski definition) is 31. The van der Waals surface area contributed by atoms with Gasteiger partial charge in [0.1, 0.15) is 84.6 Å². The second-order valence-corrected chi connectivity index (χ2v) is 31.2. The lowest BCUT2D eigenvalue weighted by Crippen LogP contribution is -2.60. The summed E-state index contributed by atoms with van der Waals surface area (Å²) >= 11 is 0. The van der Waals surface area contributed by atoms with Crippen LogP contribution < -0.4 is 114 Å². The summed E-state index contributed by atoms with van der Waals surface area (Å²) < 4.78 is 0. The highest BCUT2D eigenvalue weighted by molar-refractivity contribution is 6.01. The number of rotatable bonds is 64. The summed E-state index contributed by atoms with van der Waals surface area (Å²) in [6.07, 6.45) is -10.5. The first-order chi connectivity index (χ1) is 60.2. The molecule has 0 unspecified atom stereocenters. The minimum atomic E-state index is -1.94. The van der Waals surface area contributed by atoms with Crippen LogP contribution in [0.5, 0.6) is 0 Å². The molecule has 1 heterocycles. The van der Waals surface area contributed by atoms with Crippen molar-refractivity contribution in [1.29, 1.82) is 16.2 Å². The lowest BCUT2D eigenvalue weighted by atomic mass is 10.0. The molecule has 0 aromatic carbocycles. The molecule has 15 amide bonds. The lowest BCUT2D eigenvalue weighted by Gasteiger charge is -2.30. The minimum Gasteiger partial charge on any atom is -0.481 e. The summed E-state index contributed by atoms with van der Waals surface area (Å²) in [5.74, 6) is -29.9. The number of carbonyl (C=O) groups is 22. The summed E-state index contributed by atoms with van der Waals surface area (Å²) in [6.45, 7) is 8.19. The fraction of sp³-hybridized carbons (Fsp3) is 0.667. The average Bonchev–Trinajstić information content (AvgIpc) is 1.71. The van der Waals surface area contributed by atoms with Crippen molar-refractivity contribution in [3.05, 3.63) is 0 Å². The summed E-state index contributed by atoms with van der Waals surface area (Å²) in [6, 6.07) is -25.6. The fourth-order valence-electron chi connectivity index (χ4n) is 12.6. The number of nitrogens with one attached hydrogen (secondary N) is 19. The molecule has 54 nitrogen and oxygen atoms in total. The number of hydrogen-bond acceptors (Lipinski definition) is 26. The van der Waals surface area contributed by atoms with Crippen molar-refractivity contribution in [3.63, 3.8) is 0 Å². The third kappa shape index (κ3) is 46.8. The molecule has 0 bridgehead atoms. The monoisotopic (exact) mass is 1840 g/mol. The van der Waals surface area contributed by atoms with Crippen molar-refractivity contribution < 1.29 is 141 Å². The third-order valence-corrected chi connectivity index (χ3v) is 19.3.